The van der Waals surface area contributed by atoms with Crippen LogP contribution in [0.4, 0.5) is 5.82 Å². The fourth-order valence-corrected chi connectivity index (χ4v) is 7.95. The van der Waals surface area contributed by atoms with E-state index in [1.54, 1.807) is 17.8 Å². The first-order valence-electron chi connectivity index (χ1n) is 15.8. The van der Waals surface area contributed by atoms with E-state index in [2.05, 4.69) is 44.2 Å². The predicted molar refractivity (Wildman–Crippen MR) is 165 cm³/mol. The van der Waals surface area contributed by atoms with E-state index in [4.69, 9.17) is 19.2 Å². The molecule has 10 heteroatoms. The first-order valence-corrected chi connectivity index (χ1v) is 15.8. The Morgan fingerprint density at radius 3 is 2.64 bits per heavy atom. The third-order valence-electron chi connectivity index (χ3n) is 10.3. The second kappa shape index (κ2) is 11.4. The molecule has 1 aliphatic carbocycles. The van der Waals surface area contributed by atoms with Gasteiger partial charge in [0.15, 0.2) is 0 Å². The minimum atomic E-state index is 0.496. The van der Waals surface area contributed by atoms with E-state index >= 15 is 0 Å². The van der Waals surface area contributed by atoms with Crippen molar-refractivity contribution < 1.29 is 14.2 Å². The van der Waals surface area contributed by atoms with Crippen LogP contribution in [-0.2, 0) is 11.2 Å². The Kier molecular flexibility index (Phi) is 7.07. The molecule has 0 amide bonds. The van der Waals surface area contributed by atoms with Crippen molar-refractivity contribution in [2.45, 2.75) is 50.2 Å². The maximum absolute atomic E-state index is 9.81. The Labute approximate surface area is 257 Å². The van der Waals surface area contributed by atoms with Crippen LogP contribution in [0.25, 0.3) is 16.6 Å². The van der Waals surface area contributed by atoms with Crippen LogP contribution in [0.15, 0.2) is 55.1 Å². The quantitative estimate of drug-likeness (QED) is 0.281. The fourth-order valence-electron chi connectivity index (χ4n) is 7.95. The maximum atomic E-state index is 9.81. The van der Waals surface area contributed by atoms with Crippen LogP contribution in [0.1, 0.15) is 36.8 Å². The smallest absolute Gasteiger partial charge is 0.212 e. The number of nitrogens with zero attached hydrogens (tertiary/aromatic N) is 7. The van der Waals surface area contributed by atoms with Crippen molar-refractivity contribution in [1.82, 2.24) is 24.5 Å². The molecule has 226 valence electrons. The zero-order valence-corrected chi connectivity index (χ0v) is 25.0. The summed E-state index contributed by atoms with van der Waals surface area (Å²) in [6.45, 7) is 4.14. The summed E-state index contributed by atoms with van der Waals surface area (Å²) in [5.74, 6) is 3.73. The normalized spacial score (nSPS) is 25.9. The zero-order chi connectivity index (χ0) is 29.6. The Morgan fingerprint density at radius 1 is 1.02 bits per heavy atom. The lowest BCUT2D eigenvalue weighted by atomic mass is 9.70. The Balaban J connectivity index is 0.981. The van der Waals surface area contributed by atoms with Crippen molar-refractivity contribution in [3.63, 3.8) is 0 Å². The summed E-state index contributed by atoms with van der Waals surface area (Å²) in [7, 11) is 1.65. The summed E-state index contributed by atoms with van der Waals surface area (Å²) in [6.07, 6.45) is 13.3. The SMILES string of the molecule is COc1ccc(CC2CC3CCC2CN3c2ccc(-c3cc(OCCN4C5COCC4C5)cn4ncc(C#N)c34)cn2)cn1. The highest BCUT2D eigenvalue weighted by Gasteiger charge is 2.42. The van der Waals surface area contributed by atoms with Crippen LogP contribution in [0, 0.1) is 23.2 Å². The molecule has 1 saturated carbocycles. The van der Waals surface area contributed by atoms with Crippen LogP contribution >= 0.6 is 0 Å². The van der Waals surface area contributed by atoms with Gasteiger partial charge in [-0.15, -0.1) is 0 Å². The van der Waals surface area contributed by atoms with E-state index in [0.717, 1.165) is 60.9 Å². The standard InChI is InChI=1S/C34H37N7O3/c1-42-33-7-2-22(15-37-33)10-25-11-27-5-3-24(25)18-40(27)32-6-4-23(16-36-32)31-13-30(19-41-34(31)26(14-35)17-38-41)44-9-8-39-28-12-29(39)21-43-20-28/h2,4,6-7,13,15-17,19,24-25,27-29H,3,5,8-12,18,20-21H2,1H3. The lowest BCUT2D eigenvalue weighted by Gasteiger charge is -2.52. The maximum Gasteiger partial charge on any atom is 0.212 e. The van der Waals surface area contributed by atoms with Crippen molar-refractivity contribution in [3.8, 4) is 28.8 Å². The molecule has 0 aromatic carbocycles. The number of anilines is 1. The fraction of sp³-hybridized carbons (Fsp3) is 0.471. The van der Waals surface area contributed by atoms with E-state index in [1.807, 2.05) is 30.7 Å². The first kappa shape index (κ1) is 27.4. The third-order valence-corrected chi connectivity index (χ3v) is 10.3. The van der Waals surface area contributed by atoms with E-state index in [0.29, 0.717) is 48.0 Å². The highest BCUT2D eigenvalue weighted by molar-refractivity contribution is 5.85. The zero-order valence-electron chi connectivity index (χ0n) is 25.0. The van der Waals surface area contributed by atoms with Gasteiger partial charge in [0.1, 0.15) is 24.2 Å². The molecule has 0 N–H and O–H groups in total. The number of nitriles is 1. The van der Waals surface area contributed by atoms with Crippen LogP contribution in [0.2, 0.25) is 0 Å². The number of hydrogen-bond donors (Lipinski definition) is 0. The third kappa shape index (κ3) is 4.94. The predicted octanol–water partition coefficient (Wildman–Crippen LogP) is 4.37. The number of morpholine rings is 1. The van der Waals surface area contributed by atoms with Gasteiger partial charge in [0, 0.05) is 60.8 Å². The minimum Gasteiger partial charge on any atom is -0.491 e. The molecule has 5 aliphatic rings. The molecule has 5 fully saturated rings. The molecule has 0 spiro atoms. The molecular weight excluding hydrogens is 554 g/mol. The first-order chi connectivity index (χ1) is 21.7. The highest BCUT2D eigenvalue weighted by atomic mass is 16.5. The molecule has 4 saturated heterocycles. The van der Waals surface area contributed by atoms with Crippen molar-refractivity contribution in [3.05, 3.63) is 66.2 Å². The molecule has 4 aromatic rings. The summed E-state index contributed by atoms with van der Waals surface area (Å²) >= 11 is 0. The number of hydrogen-bond acceptors (Lipinski definition) is 9. The molecular formula is C34H37N7O3. The minimum absolute atomic E-state index is 0.496. The number of aromatic nitrogens is 4. The number of methoxy groups -OCH3 is 1. The van der Waals surface area contributed by atoms with E-state index in [9.17, 15) is 5.26 Å². The highest BCUT2D eigenvalue weighted by Crippen LogP contribution is 2.43. The Hall–Kier alpha value is -4.20. The summed E-state index contributed by atoms with van der Waals surface area (Å²) in [5.41, 5.74) is 4.44. The number of ether oxygens (including phenoxy) is 3. The summed E-state index contributed by atoms with van der Waals surface area (Å²) in [4.78, 5) is 14.4. The van der Waals surface area contributed by atoms with E-state index in [1.165, 1.54) is 31.2 Å². The van der Waals surface area contributed by atoms with Gasteiger partial charge >= 0.3 is 0 Å². The largest absolute Gasteiger partial charge is 0.491 e. The van der Waals surface area contributed by atoms with Crippen molar-refractivity contribution in [1.29, 1.82) is 5.26 Å². The van der Waals surface area contributed by atoms with Gasteiger partial charge in [0.05, 0.1) is 43.8 Å². The van der Waals surface area contributed by atoms with E-state index < -0.39 is 0 Å². The number of piperidine rings is 2. The molecule has 5 atom stereocenters. The van der Waals surface area contributed by atoms with Gasteiger partial charge in [0.25, 0.3) is 0 Å². The van der Waals surface area contributed by atoms with Gasteiger partial charge in [-0.25, -0.2) is 14.5 Å². The summed E-state index contributed by atoms with van der Waals surface area (Å²) < 4.78 is 18.8. The molecule has 8 heterocycles. The van der Waals surface area contributed by atoms with Gasteiger partial charge in [-0.2, -0.15) is 10.4 Å². The van der Waals surface area contributed by atoms with Crippen molar-refractivity contribution in [2.75, 3.05) is 44.9 Å². The Morgan fingerprint density at radius 2 is 1.93 bits per heavy atom. The molecule has 4 aliphatic heterocycles. The lowest BCUT2D eigenvalue weighted by molar-refractivity contribution is -0.129. The van der Waals surface area contributed by atoms with Gasteiger partial charge < -0.3 is 19.1 Å². The second-order valence-electron chi connectivity index (χ2n) is 12.7. The van der Waals surface area contributed by atoms with Crippen LogP contribution < -0.4 is 14.4 Å². The summed E-state index contributed by atoms with van der Waals surface area (Å²) in [5, 5.41) is 14.3. The van der Waals surface area contributed by atoms with E-state index in [-0.39, 0.29) is 0 Å². The van der Waals surface area contributed by atoms with Gasteiger partial charge in [-0.1, -0.05) is 6.07 Å². The molecule has 9 rings (SSSR count). The number of rotatable bonds is 9. The van der Waals surface area contributed by atoms with Crippen molar-refractivity contribution in [2.24, 2.45) is 11.8 Å². The average Bonchev–Trinajstić information content (AvgIpc) is 3.50. The van der Waals surface area contributed by atoms with Crippen LogP contribution in [-0.4, -0.2) is 82.6 Å². The number of pyridine rings is 3. The molecule has 0 radical (unpaired) electrons. The van der Waals surface area contributed by atoms with Crippen LogP contribution in [0.3, 0.4) is 0 Å². The molecule has 4 bridgehead atoms. The van der Waals surface area contributed by atoms with Crippen LogP contribution in [0.5, 0.6) is 11.6 Å². The van der Waals surface area contributed by atoms with Gasteiger partial charge in [-0.05, 0) is 67.7 Å². The number of fused-ring (bicyclic) bond motifs is 6. The topological polar surface area (TPSA) is 101 Å². The molecule has 44 heavy (non-hydrogen) atoms. The van der Waals surface area contributed by atoms with Gasteiger partial charge in [0.2, 0.25) is 5.88 Å². The summed E-state index contributed by atoms with van der Waals surface area (Å²) in [6, 6.07) is 14.2. The second-order valence-corrected chi connectivity index (χ2v) is 12.7. The van der Waals surface area contributed by atoms with Crippen molar-refractivity contribution >= 4 is 11.3 Å². The lowest BCUT2D eigenvalue weighted by Crippen LogP contribution is -2.64. The van der Waals surface area contributed by atoms with Gasteiger partial charge in [-0.3, -0.25) is 4.90 Å². The average molecular weight is 592 g/mol. The molecule has 5 unspecified atom stereocenters. The molecule has 4 aromatic heterocycles. The Bertz CT molecular complexity index is 1670. The molecule has 10 nitrogen and oxygen atoms in total. The monoisotopic (exact) mass is 591 g/mol.